The van der Waals surface area contributed by atoms with Crippen molar-refractivity contribution in [1.29, 1.82) is 0 Å². The minimum Gasteiger partial charge on any atom is -0.465 e. The molecule has 0 rings (SSSR count). The van der Waals surface area contributed by atoms with E-state index in [2.05, 4.69) is 5.32 Å². The van der Waals surface area contributed by atoms with Crippen LogP contribution in [0.1, 0.15) is 27.7 Å². The van der Waals surface area contributed by atoms with Crippen molar-refractivity contribution >= 4 is 6.09 Å². The molecule has 0 radical (unpaired) electrons. The fourth-order valence-corrected chi connectivity index (χ4v) is 1.11. The maximum Gasteiger partial charge on any atom is 0.405 e. The highest BCUT2D eigenvalue weighted by atomic mass is 16.5. The average molecular weight is 205 g/mol. The first-order valence-electron chi connectivity index (χ1n) is 4.54. The first-order valence-corrected chi connectivity index (χ1v) is 4.54. The maximum absolute atomic E-state index is 10.4. The van der Waals surface area contributed by atoms with Crippen LogP contribution in [-0.2, 0) is 4.74 Å². The topological polar surface area (TPSA) is 78.8 Å². The third-order valence-corrected chi connectivity index (χ3v) is 1.61. The van der Waals surface area contributed by atoms with Crippen LogP contribution < -0.4 is 5.32 Å². The van der Waals surface area contributed by atoms with E-state index in [9.17, 15) is 4.79 Å². The molecule has 0 aliphatic heterocycles. The number of rotatable bonds is 4. The van der Waals surface area contributed by atoms with Crippen molar-refractivity contribution in [2.75, 3.05) is 6.61 Å². The molecule has 84 valence electrons. The SMILES string of the molecule is CC(OC(C)(C)C)C(CO)NC(=O)O. The third-order valence-electron chi connectivity index (χ3n) is 1.61. The Labute approximate surface area is 84.1 Å². The summed E-state index contributed by atoms with van der Waals surface area (Å²) >= 11 is 0. The molecule has 2 unspecified atom stereocenters. The van der Waals surface area contributed by atoms with Crippen molar-refractivity contribution in [1.82, 2.24) is 5.32 Å². The van der Waals surface area contributed by atoms with Gasteiger partial charge in [-0.2, -0.15) is 0 Å². The Balaban J connectivity index is 4.17. The molecule has 0 fully saturated rings. The second kappa shape index (κ2) is 5.17. The molecule has 5 heteroatoms. The summed E-state index contributed by atoms with van der Waals surface area (Å²) in [6.07, 6.45) is -1.52. The van der Waals surface area contributed by atoms with Gasteiger partial charge in [0.25, 0.3) is 0 Å². The molecule has 1 amide bonds. The van der Waals surface area contributed by atoms with Gasteiger partial charge in [0, 0.05) is 0 Å². The second-order valence-corrected chi connectivity index (χ2v) is 4.17. The Morgan fingerprint density at radius 3 is 2.29 bits per heavy atom. The van der Waals surface area contributed by atoms with Crippen molar-refractivity contribution in [2.24, 2.45) is 0 Å². The Kier molecular flexibility index (Phi) is 4.87. The standard InChI is InChI=1S/C9H19NO4/c1-6(14-9(2,3)4)7(5-11)10-8(12)13/h6-7,10-11H,5H2,1-4H3,(H,12,13). The van der Waals surface area contributed by atoms with Crippen LogP contribution in [0.4, 0.5) is 4.79 Å². The van der Waals surface area contributed by atoms with Crippen molar-refractivity contribution < 1.29 is 19.7 Å². The lowest BCUT2D eigenvalue weighted by molar-refractivity contribution is -0.0717. The van der Waals surface area contributed by atoms with E-state index in [0.717, 1.165) is 0 Å². The first-order chi connectivity index (χ1) is 6.26. The highest BCUT2D eigenvalue weighted by Gasteiger charge is 2.23. The zero-order valence-electron chi connectivity index (χ0n) is 9.07. The fourth-order valence-electron chi connectivity index (χ4n) is 1.11. The molecule has 0 saturated heterocycles. The second-order valence-electron chi connectivity index (χ2n) is 4.17. The highest BCUT2D eigenvalue weighted by Crippen LogP contribution is 2.12. The molecule has 0 aliphatic rings. The predicted molar refractivity (Wildman–Crippen MR) is 52.3 cm³/mol. The normalized spacial score (nSPS) is 16.1. The fraction of sp³-hybridized carbons (Fsp3) is 0.889. The quantitative estimate of drug-likeness (QED) is 0.635. The Hall–Kier alpha value is -0.810. The molecule has 0 aromatic rings. The van der Waals surface area contributed by atoms with E-state index in [4.69, 9.17) is 14.9 Å². The van der Waals surface area contributed by atoms with E-state index in [1.807, 2.05) is 20.8 Å². The molecular weight excluding hydrogens is 186 g/mol. The van der Waals surface area contributed by atoms with E-state index in [1.54, 1.807) is 6.92 Å². The zero-order valence-corrected chi connectivity index (χ0v) is 9.07. The number of hydrogen-bond donors (Lipinski definition) is 3. The van der Waals surface area contributed by atoms with Gasteiger partial charge >= 0.3 is 6.09 Å². The number of hydrogen-bond acceptors (Lipinski definition) is 3. The number of nitrogens with one attached hydrogen (secondary N) is 1. The maximum atomic E-state index is 10.4. The number of aliphatic hydroxyl groups is 1. The summed E-state index contributed by atoms with van der Waals surface area (Å²) in [6.45, 7) is 7.07. The molecule has 0 aliphatic carbocycles. The molecule has 3 N–H and O–H groups in total. The number of carboxylic acid groups (broad SMARTS) is 1. The minimum absolute atomic E-state index is 0.274. The summed E-state index contributed by atoms with van der Waals surface area (Å²) in [7, 11) is 0. The summed E-state index contributed by atoms with van der Waals surface area (Å²) in [5.41, 5.74) is -0.354. The van der Waals surface area contributed by atoms with Gasteiger partial charge in [0.1, 0.15) is 0 Å². The molecular formula is C9H19NO4. The lowest BCUT2D eigenvalue weighted by Crippen LogP contribution is -2.47. The molecule has 14 heavy (non-hydrogen) atoms. The molecule has 0 saturated carbocycles. The third kappa shape index (κ3) is 5.77. The molecule has 0 aromatic heterocycles. The molecule has 0 spiro atoms. The molecule has 0 aromatic carbocycles. The predicted octanol–water partition coefficient (Wildman–Crippen LogP) is 0.819. The van der Waals surface area contributed by atoms with Crippen LogP contribution >= 0.6 is 0 Å². The van der Waals surface area contributed by atoms with Crippen LogP contribution in [-0.4, -0.2) is 40.7 Å². The van der Waals surface area contributed by atoms with Crippen LogP contribution in [0.15, 0.2) is 0 Å². The van der Waals surface area contributed by atoms with E-state index in [0.29, 0.717) is 0 Å². The van der Waals surface area contributed by atoms with E-state index in [-0.39, 0.29) is 18.3 Å². The van der Waals surface area contributed by atoms with Gasteiger partial charge in [0.15, 0.2) is 0 Å². The number of ether oxygens (including phenoxy) is 1. The van der Waals surface area contributed by atoms with Crippen LogP contribution in [0, 0.1) is 0 Å². The van der Waals surface area contributed by atoms with Gasteiger partial charge in [-0.3, -0.25) is 0 Å². The van der Waals surface area contributed by atoms with Gasteiger partial charge < -0.3 is 20.3 Å². The molecule has 0 bridgehead atoms. The molecule has 5 nitrogen and oxygen atoms in total. The minimum atomic E-state index is -1.16. The van der Waals surface area contributed by atoms with E-state index < -0.39 is 12.1 Å². The van der Waals surface area contributed by atoms with E-state index in [1.165, 1.54) is 0 Å². The number of carbonyl (C=O) groups is 1. The Morgan fingerprint density at radius 1 is 1.50 bits per heavy atom. The smallest absolute Gasteiger partial charge is 0.405 e. The summed E-state index contributed by atoms with van der Waals surface area (Å²) in [4.78, 5) is 10.4. The highest BCUT2D eigenvalue weighted by molar-refractivity contribution is 5.64. The summed E-state index contributed by atoms with van der Waals surface area (Å²) in [5.74, 6) is 0. The first kappa shape index (κ1) is 13.2. The average Bonchev–Trinajstić information content (AvgIpc) is 1.96. The lowest BCUT2D eigenvalue weighted by Gasteiger charge is -2.29. The van der Waals surface area contributed by atoms with Crippen LogP contribution in [0.25, 0.3) is 0 Å². The Morgan fingerprint density at radius 2 is 2.00 bits per heavy atom. The summed E-state index contributed by atoms with van der Waals surface area (Å²) in [5, 5.41) is 19.6. The van der Waals surface area contributed by atoms with Gasteiger partial charge in [-0.25, -0.2) is 4.79 Å². The van der Waals surface area contributed by atoms with Crippen LogP contribution in [0.3, 0.4) is 0 Å². The van der Waals surface area contributed by atoms with Crippen molar-refractivity contribution in [3.8, 4) is 0 Å². The van der Waals surface area contributed by atoms with E-state index >= 15 is 0 Å². The van der Waals surface area contributed by atoms with Gasteiger partial charge in [-0.05, 0) is 27.7 Å². The number of aliphatic hydroxyl groups excluding tert-OH is 1. The number of amides is 1. The van der Waals surface area contributed by atoms with Gasteiger partial charge in [-0.15, -0.1) is 0 Å². The largest absolute Gasteiger partial charge is 0.465 e. The summed E-state index contributed by atoms with van der Waals surface area (Å²) < 4.78 is 5.51. The van der Waals surface area contributed by atoms with Gasteiger partial charge in [-0.1, -0.05) is 0 Å². The van der Waals surface area contributed by atoms with Gasteiger partial charge in [0.2, 0.25) is 0 Å². The summed E-state index contributed by atoms with van der Waals surface area (Å²) in [6, 6.07) is -0.591. The molecule has 2 atom stereocenters. The Bertz CT molecular complexity index is 188. The van der Waals surface area contributed by atoms with Gasteiger partial charge in [0.05, 0.1) is 24.4 Å². The zero-order chi connectivity index (χ0) is 11.4. The van der Waals surface area contributed by atoms with Crippen molar-refractivity contribution in [2.45, 2.75) is 45.4 Å². The monoisotopic (exact) mass is 205 g/mol. The van der Waals surface area contributed by atoms with Crippen LogP contribution in [0.2, 0.25) is 0 Å². The lowest BCUT2D eigenvalue weighted by atomic mass is 10.1. The van der Waals surface area contributed by atoms with Crippen LogP contribution in [0.5, 0.6) is 0 Å². The molecule has 0 heterocycles. The van der Waals surface area contributed by atoms with Crippen molar-refractivity contribution in [3.05, 3.63) is 0 Å². The van der Waals surface area contributed by atoms with Crippen molar-refractivity contribution in [3.63, 3.8) is 0 Å².